The Labute approximate surface area is 140 Å². The highest BCUT2D eigenvalue weighted by molar-refractivity contribution is 7.39. The van der Waals surface area contributed by atoms with Crippen LogP contribution in [0.1, 0.15) is 20.9 Å². The lowest BCUT2D eigenvalue weighted by Crippen LogP contribution is -2.18. The normalized spacial score (nSPS) is 14.5. The van der Waals surface area contributed by atoms with Crippen LogP contribution in [-0.4, -0.2) is 11.6 Å². The smallest absolute Gasteiger partial charge is 0.244 e. The van der Waals surface area contributed by atoms with Gasteiger partial charge in [-0.15, -0.1) is 22.7 Å². The summed E-state index contributed by atoms with van der Waals surface area (Å²) in [5, 5.41) is 6.20. The molecule has 0 unspecified atom stereocenters. The Morgan fingerprint density at radius 1 is 1.23 bits per heavy atom. The lowest BCUT2D eigenvalue weighted by molar-refractivity contribution is -0.120. The van der Waals surface area contributed by atoms with E-state index in [1.165, 1.54) is 14.3 Å². The summed E-state index contributed by atoms with van der Waals surface area (Å²) in [4.78, 5) is 14.3. The summed E-state index contributed by atoms with van der Waals surface area (Å²) in [6.45, 7) is 2.09. The predicted molar refractivity (Wildman–Crippen MR) is 93.4 cm³/mol. The van der Waals surface area contributed by atoms with E-state index < -0.39 is 0 Å². The topological polar surface area (TPSA) is 41.5 Å². The summed E-state index contributed by atoms with van der Waals surface area (Å²) in [5.74, 6) is -0.0752. The quantitative estimate of drug-likeness (QED) is 0.699. The number of halogens is 1. The van der Waals surface area contributed by atoms with Crippen LogP contribution in [0.3, 0.4) is 0 Å². The number of carbonyl (C=O) groups is 1. The van der Waals surface area contributed by atoms with E-state index in [0.717, 1.165) is 21.7 Å². The molecule has 110 valence electrons. The summed E-state index contributed by atoms with van der Waals surface area (Å²) in [6.07, 6.45) is 0.367. The van der Waals surface area contributed by atoms with E-state index >= 15 is 0 Å². The molecule has 3 aromatic rings. The maximum atomic E-state index is 12.0. The Morgan fingerprint density at radius 3 is 2.77 bits per heavy atom. The van der Waals surface area contributed by atoms with Crippen LogP contribution >= 0.6 is 34.3 Å². The summed E-state index contributed by atoms with van der Waals surface area (Å²) >= 11 is 9.43. The van der Waals surface area contributed by atoms with Crippen molar-refractivity contribution < 1.29 is 4.79 Å². The summed E-state index contributed by atoms with van der Waals surface area (Å²) < 4.78 is 1.25. The summed E-state index contributed by atoms with van der Waals surface area (Å²) in [6, 6.07) is 9.70. The van der Waals surface area contributed by atoms with Gasteiger partial charge < -0.3 is 0 Å². The first-order chi connectivity index (χ1) is 10.6. The average Bonchev–Trinajstić information content (AvgIpc) is 2.94. The number of hydrazone groups is 1. The molecular formula is C16H11ClN2OS2. The third kappa shape index (κ3) is 2.26. The van der Waals surface area contributed by atoms with E-state index in [-0.39, 0.29) is 5.91 Å². The number of aryl methyl sites for hydroxylation is 1. The molecule has 0 saturated carbocycles. The van der Waals surface area contributed by atoms with Gasteiger partial charge in [-0.05, 0) is 30.7 Å². The van der Waals surface area contributed by atoms with Gasteiger partial charge in [-0.2, -0.15) is 5.10 Å². The second kappa shape index (κ2) is 5.19. The Morgan fingerprint density at radius 2 is 2.00 bits per heavy atom. The van der Waals surface area contributed by atoms with Gasteiger partial charge in [0.2, 0.25) is 5.91 Å². The molecule has 3 heterocycles. The van der Waals surface area contributed by atoms with Gasteiger partial charge >= 0.3 is 0 Å². The van der Waals surface area contributed by atoms with Gasteiger partial charge in [0.25, 0.3) is 0 Å². The molecule has 0 bridgehead atoms. The lowest BCUT2D eigenvalue weighted by Gasteiger charge is -2.04. The number of carbonyl (C=O) groups excluding carboxylic acids is 1. The largest absolute Gasteiger partial charge is 0.273 e. The fourth-order valence-electron chi connectivity index (χ4n) is 2.59. The van der Waals surface area contributed by atoms with E-state index in [1.54, 1.807) is 22.7 Å². The van der Waals surface area contributed by atoms with Crippen LogP contribution in [0.5, 0.6) is 0 Å². The molecule has 1 amide bonds. The molecule has 0 spiro atoms. The first-order valence-electron chi connectivity index (χ1n) is 6.76. The number of fused-ring (bicyclic) bond motifs is 3. The van der Waals surface area contributed by atoms with Gasteiger partial charge in [0, 0.05) is 20.8 Å². The lowest BCUT2D eigenvalue weighted by atomic mass is 10.0. The van der Waals surface area contributed by atoms with Gasteiger partial charge in [-0.3, -0.25) is 4.79 Å². The number of nitrogens with one attached hydrogen (secondary N) is 1. The molecule has 3 nitrogen and oxygen atoms in total. The van der Waals surface area contributed by atoms with Crippen molar-refractivity contribution in [3.8, 4) is 0 Å². The second-order valence-corrected chi connectivity index (χ2v) is 8.12. The van der Waals surface area contributed by atoms with Crippen molar-refractivity contribution in [3.63, 3.8) is 0 Å². The monoisotopic (exact) mass is 346 g/mol. The Kier molecular flexibility index (Phi) is 3.29. The molecule has 0 radical (unpaired) electrons. The first kappa shape index (κ1) is 13.9. The highest BCUT2D eigenvalue weighted by Gasteiger charge is 2.24. The van der Waals surface area contributed by atoms with Gasteiger partial charge in [0.15, 0.2) is 0 Å². The van der Waals surface area contributed by atoms with Gasteiger partial charge in [0.1, 0.15) is 5.71 Å². The zero-order valence-corrected chi connectivity index (χ0v) is 14.0. The predicted octanol–water partition coefficient (Wildman–Crippen LogP) is 4.35. The van der Waals surface area contributed by atoms with Crippen molar-refractivity contribution in [2.24, 2.45) is 5.10 Å². The number of hydrogen-bond acceptors (Lipinski definition) is 4. The van der Waals surface area contributed by atoms with Crippen LogP contribution in [0.15, 0.2) is 35.4 Å². The second-order valence-electron chi connectivity index (χ2n) is 5.15. The van der Waals surface area contributed by atoms with Crippen LogP contribution in [0.2, 0.25) is 5.02 Å². The number of thiophene rings is 2. The van der Waals surface area contributed by atoms with Crippen LogP contribution in [0.25, 0.3) is 9.40 Å². The maximum Gasteiger partial charge on any atom is 0.244 e. The highest BCUT2D eigenvalue weighted by atomic mass is 35.5. The zero-order chi connectivity index (χ0) is 15.3. The van der Waals surface area contributed by atoms with Gasteiger partial charge in [0.05, 0.1) is 15.3 Å². The van der Waals surface area contributed by atoms with Gasteiger partial charge in [-0.1, -0.05) is 23.7 Å². The minimum Gasteiger partial charge on any atom is -0.273 e. The molecule has 6 heteroatoms. The van der Waals surface area contributed by atoms with Gasteiger partial charge in [-0.25, -0.2) is 5.43 Å². The standard InChI is InChI=1S/C16H11ClN2OS2/c1-8-6-12-11-7-13(20)18-19-14(15(11)22-16(12)21-8)9-2-4-10(17)5-3-9/h2-6H,7H2,1H3,(H,18,20). The number of benzene rings is 1. The summed E-state index contributed by atoms with van der Waals surface area (Å²) in [7, 11) is 0. The van der Waals surface area contributed by atoms with E-state index in [4.69, 9.17) is 11.6 Å². The Balaban J connectivity index is 1.94. The third-order valence-corrected chi connectivity index (χ3v) is 6.22. The molecule has 2 aromatic heterocycles. The fraction of sp³-hybridized carbons (Fsp3) is 0.125. The molecule has 22 heavy (non-hydrogen) atoms. The molecule has 4 rings (SSSR count). The number of hydrogen-bond donors (Lipinski definition) is 1. The molecule has 1 aliphatic heterocycles. The van der Waals surface area contributed by atoms with Crippen LogP contribution in [-0.2, 0) is 11.2 Å². The van der Waals surface area contributed by atoms with Crippen molar-refractivity contribution >= 4 is 55.3 Å². The van der Waals surface area contributed by atoms with Crippen LogP contribution in [0, 0.1) is 6.92 Å². The average molecular weight is 347 g/mol. The summed E-state index contributed by atoms with van der Waals surface area (Å²) in [5.41, 5.74) is 5.48. The molecule has 0 atom stereocenters. The minimum absolute atomic E-state index is 0.0752. The van der Waals surface area contributed by atoms with E-state index in [1.807, 2.05) is 24.3 Å². The van der Waals surface area contributed by atoms with Crippen LogP contribution in [0.4, 0.5) is 0 Å². The highest BCUT2D eigenvalue weighted by Crippen LogP contribution is 2.39. The number of nitrogens with zero attached hydrogens (tertiary/aromatic N) is 1. The number of rotatable bonds is 1. The van der Waals surface area contributed by atoms with E-state index in [2.05, 4.69) is 23.5 Å². The fourth-order valence-corrected chi connectivity index (χ4v) is 5.34. The SMILES string of the molecule is Cc1cc2c3c(sc2s1)C(c1ccc(Cl)cc1)=NNC(=O)C3. The minimum atomic E-state index is -0.0752. The van der Waals surface area contributed by atoms with Crippen molar-refractivity contribution in [3.05, 3.63) is 56.2 Å². The molecular weight excluding hydrogens is 336 g/mol. The Hall–Kier alpha value is -1.69. The van der Waals surface area contributed by atoms with E-state index in [0.29, 0.717) is 11.4 Å². The molecule has 0 saturated heterocycles. The Bertz CT molecular complexity index is 922. The third-order valence-electron chi connectivity index (χ3n) is 3.58. The van der Waals surface area contributed by atoms with Crippen molar-refractivity contribution in [2.75, 3.05) is 0 Å². The van der Waals surface area contributed by atoms with Crippen molar-refractivity contribution in [1.82, 2.24) is 5.43 Å². The maximum absolute atomic E-state index is 12.0. The van der Waals surface area contributed by atoms with Crippen LogP contribution < -0.4 is 5.43 Å². The molecule has 1 aliphatic rings. The molecule has 1 aromatic carbocycles. The van der Waals surface area contributed by atoms with E-state index in [9.17, 15) is 4.79 Å². The van der Waals surface area contributed by atoms with Crippen molar-refractivity contribution in [1.29, 1.82) is 0 Å². The zero-order valence-electron chi connectivity index (χ0n) is 11.6. The molecule has 1 N–H and O–H groups in total. The molecule has 0 aliphatic carbocycles. The number of amides is 1. The first-order valence-corrected chi connectivity index (χ1v) is 8.77. The van der Waals surface area contributed by atoms with Crippen molar-refractivity contribution in [2.45, 2.75) is 13.3 Å². The molecule has 0 fully saturated rings.